The van der Waals surface area contributed by atoms with E-state index in [4.69, 9.17) is 10.5 Å². The lowest BCUT2D eigenvalue weighted by atomic mass is 9.58. The number of hydrogen-bond acceptors (Lipinski definition) is 8. The van der Waals surface area contributed by atoms with Crippen molar-refractivity contribution in [2.45, 2.75) is 56.0 Å². The number of benzene rings is 1. The van der Waals surface area contributed by atoms with Gasteiger partial charge in [0, 0.05) is 42.9 Å². The Morgan fingerprint density at radius 2 is 1.86 bits per heavy atom. The van der Waals surface area contributed by atoms with Gasteiger partial charge in [-0.1, -0.05) is 18.2 Å². The van der Waals surface area contributed by atoms with Crippen LogP contribution in [0.15, 0.2) is 24.3 Å². The largest absolute Gasteiger partial charge is 0.507 e. The van der Waals surface area contributed by atoms with Gasteiger partial charge in [0.2, 0.25) is 5.91 Å². The molecule has 1 heterocycles. The number of carboxylic acid groups (broad SMARTS) is 1. The number of amides is 1. The van der Waals surface area contributed by atoms with Gasteiger partial charge in [0.1, 0.15) is 23.2 Å². The lowest BCUT2D eigenvalue weighted by Gasteiger charge is -2.40. The third kappa shape index (κ3) is 5.64. The van der Waals surface area contributed by atoms with Gasteiger partial charge < -0.3 is 40.9 Å². The number of aromatic hydroxyl groups is 1. The standard InChI is InChI=1S/C24H34BN3O7/c26-9-10-27-15-3-1-14(2-4-15)11-21(29)28-12-16(13-28)35-20-8-6-18(23(30)22(20)24(31)32)17-5-7-19(17)25(33)34/h5-8,14-17,19,27,30,33-34H,1-4,9-13,26H2,(H,31,32)/t14?,15?,17-,19-/m1/s1. The molecule has 35 heavy (non-hydrogen) atoms. The number of carbonyl (C=O) groups is 2. The summed E-state index contributed by atoms with van der Waals surface area (Å²) in [5, 5.41) is 42.6. The van der Waals surface area contributed by atoms with Crippen LogP contribution in [0.25, 0.3) is 0 Å². The Morgan fingerprint density at radius 3 is 2.43 bits per heavy atom. The molecule has 1 saturated heterocycles. The van der Waals surface area contributed by atoms with Gasteiger partial charge in [-0.25, -0.2) is 4.79 Å². The zero-order valence-electron chi connectivity index (χ0n) is 19.7. The van der Waals surface area contributed by atoms with E-state index in [1.165, 1.54) is 6.07 Å². The third-order valence-electron chi connectivity index (χ3n) is 7.43. The molecule has 3 aliphatic rings. The molecule has 1 saturated carbocycles. The summed E-state index contributed by atoms with van der Waals surface area (Å²) < 4.78 is 5.84. The van der Waals surface area contributed by atoms with E-state index in [-0.39, 0.29) is 23.3 Å². The van der Waals surface area contributed by atoms with Gasteiger partial charge in [-0.2, -0.15) is 0 Å². The normalized spacial score (nSPS) is 26.1. The summed E-state index contributed by atoms with van der Waals surface area (Å²) in [4.78, 5) is 26.3. The molecule has 0 radical (unpaired) electrons. The average molecular weight is 487 g/mol. The molecule has 0 aromatic heterocycles. The maximum absolute atomic E-state index is 12.7. The molecule has 11 heteroatoms. The fourth-order valence-corrected chi connectivity index (χ4v) is 5.24. The maximum Gasteiger partial charge on any atom is 0.459 e. The van der Waals surface area contributed by atoms with E-state index in [1.54, 1.807) is 23.1 Å². The number of nitrogens with two attached hydrogens (primary N) is 1. The van der Waals surface area contributed by atoms with Crippen molar-refractivity contribution in [1.29, 1.82) is 0 Å². The van der Waals surface area contributed by atoms with E-state index in [0.29, 0.717) is 43.6 Å². The van der Waals surface area contributed by atoms with Crippen molar-refractivity contribution in [1.82, 2.24) is 10.2 Å². The number of aromatic carboxylic acids is 1. The summed E-state index contributed by atoms with van der Waals surface area (Å²) in [7, 11) is -1.60. The van der Waals surface area contributed by atoms with Crippen molar-refractivity contribution < 1.29 is 34.6 Å². The van der Waals surface area contributed by atoms with E-state index in [9.17, 15) is 29.9 Å². The van der Waals surface area contributed by atoms with Crippen LogP contribution in [0.2, 0.25) is 5.82 Å². The minimum atomic E-state index is -1.60. The quantitative estimate of drug-likeness (QED) is 0.206. The highest BCUT2D eigenvalue weighted by Gasteiger charge is 2.39. The summed E-state index contributed by atoms with van der Waals surface area (Å²) in [6, 6.07) is 3.51. The van der Waals surface area contributed by atoms with E-state index >= 15 is 0 Å². The molecule has 1 aromatic rings. The fraction of sp³-hybridized carbons (Fsp3) is 0.583. The predicted octanol–water partition coefficient (Wildman–Crippen LogP) is 0.674. The number of phenols is 1. The maximum atomic E-state index is 12.7. The lowest BCUT2D eigenvalue weighted by molar-refractivity contribution is -0.141. The number of rotatable bonds is 10. The van der Waals surface area contributed by atoms with Gasteiger partial charge in [-0.3, -0.25) is 4.79 Å². The Kier molecular flexibility index (Phi) is 8.00. The predicted molar refractivity (Wildman–Crippen MR) is 129 cm³/mol. The molecular weight excluding hydrogens is 453 g/mol. The number of likely N-dealkylation sites (tertiary alicyclic amines) is 1. The van der Waals surface area contributed by atoms with Gasteiger partial charge in [0.15, 0.2) is 0 Å². The molecular formula is C24H34BN3O7. The number of carboxylic acids is 1. The molecule has 0 unspecified atom stereocenters. The molecule has 2 atom stereocenters. The number of carbonyl (C=O) groups excluding carboxylic acids is 1. The molecule has 1 amide bonds. The minimum absolute atomic E-state index is 0.0311. The SMILES string of the molecule is NCCNC1CCC(CC(=O)N2CC(Oc3ccc([C@H]4C=C[C@H]4B(O)O)c(O)c3C(=O)O)C2)CC1. The van der Waals surface area contributed by atoms with E-state index in [0.717, 1.165) is 32.2 Å². The van der Waals surface area contributed by atoms with Gasteiger partial charge in [0.25, 0.3) is 0 Å². The van der Waals surface area contributed by atoms with Crippen molar-refractivity contribution >= 4 is 19.0 Å². The van der Waals surface area contributed by atoms with Crippen LogP contribution in [0.1, 0.15) is 53.9 Å². The Labute approximate surface area is 204 Å². The minimum Gasteiger partial charge on any atom is -0.507 e. The topological polar surface area (TPSA) is 166 Å². The van der Waals surface area contributed by atoms with Crippen molar-refractivity contribution in [3.05, 3.63) is 35.4 Å². The van der Waals surface area contributed by atoms with Crippen LogP contribution >= 0.6 is 0 Å². The van der Waals surface area contributed by atoms with Gasteiger partial charge in [0.05, 0.1) is 13.1 Å². The van der Waals surface area contributed by atoms with Crippen molar-refractivity contribution in [3.8, 4) is 11.5 Å². The van der Waals surface area contributed by atoms with Crippen LogP contribution in [0.5, 0.6) is 11.5 Å². The fourth-order valence-electron chi connectivity index (χ4n) is 5.24. The lowest BCUT2D eigenvalue weighted by Crippen LogP contribution is -2.56. The number of allylic oxidation sites excluding steroid dienone is 2. The highest BCUT2D eigenvalue weighted by Crippen LogP contribution is 2.46. The zero-order valence-corrected chi connectivity index (χ0v) is 19.7. The molecule has 2 fully saturated rings. The van der Waals surface area contributed by atoms with E-state index < -0.39 is 30.6 Å². The van der Waals surface area contributed by atoms with Gasteiger partial charge in [-0.05, 0) is 37.7 Å². The van der Waals surface area contributed by atoms with Crippen molar-refractivity contribution in [2.75, 3.05) is 26.2 Å². The Morgan fingerprint density at radius 1 is 1.14 bits per heavy atom. The molecule has 0 bridgehead atoms. The van der Waals surface area contributed by atoms with Crippen LogP contribution in [0.4, 0.5) is 0 Å². The molecule has 190 valence electrons. The van der Waals surface area contributed by atoms with Crippen LogP contribution in [0, 0.1) is 5.92 Å². The summed E-state index contributed by atoms with van der Waals surface area (Å²) >= 11 is 0. The first-order chi connectivity index (χ1) is 16.8. The Balaban J connectivity index is 1.29. The monoisotopic (exact) mass is 487 g/mol. The van der Waals surface area contributed by atoms with E-state index in [2.05, 4.69) is 5.32 Å². The second-order valence-corrected chi connectivity index (χ2v) is 9.79. The van der Waals surface area contributed by atoms with Crippen LogP contribution in [-0.4, -0.2) is 82.5 Å². The summed E-state index contributed by atoms with van der Waals surface area (Å²) in [5.74, 6) is -2.40. The molecule has 10 nitrogen and oxygen atoms in total. The average Bonchev–Trinajstić information content (AvgIpc) is 2.75. The van der Waals surface area contributed by atoms with Gasteiger partial charge >= 0.3 is 13.1 Å². The molecule has 7 N–H and O–H groups in total. The first-order valence-corrected chi connectivity index (χ1v) is 12.3. The molecule has 4 rings (SSSR count). The Hall–Kier alpha value is -2.60. The Bertz CT molecular complexity index is 959. The second-order valence-electron chi connectivity index (χ2n) is 9.79. The summed E-state index contributed by atoms with van der Waals surface area (Å²) in [6.45, 7) is 2.19. The number of nitrogens with one attached hydrogen (secondary N) is 1. The molecule has 0 spiro atoms. The first-order valence-electron chi connectivity index (χ1n) is 12.3. The van der Waals surface area contributed by atoms with Gasteiger partial charge in [-0.15, -0.1) is 0 Å². The first kappa shape index (κ1) is 25.5. The van der Waals surface area contributed by atoms with Crippen LogP contribution < -0.4 is 15.8 Å². The number of hydrogen-bond donors (Lipinski definition) is 6. The van der Waals surface area contributed by atoms with Crippen LogP contribution in [0.3, 0.4) is 0 Å². The van der Waals surface area contributed by atoms with E-state index in [1.807, 2.05) is 0 Å². The molecule has 1 aliphatic heterocycles. The number of nitrogens with zero attached hydrogens (tertiary/aromatic N) is 1. The summed E-state index contributed by atoms with van der Waals surface area (Å²) in [6.07, 6.45) is 7.58. The highest BCUT2D eigenvalue weighted by molar-refractivity contribution is 6.44. The van der Waals surface area contributed by atoms with Crippen molar-refractivity contribution in [2.24, 2.45) is 11.7 Å². The summed E-state index contributed by atoms with van der Waals surface area (Å²) in [5.41, 5.74) is 5.48. The smallest absolute Gasteiger partial charge is 0.459 e. The zero-order chi connectivity index (χ0) is 25.1. The molecule has 2 aliphatic carbocycles. The van der Waals surface area contributed by atoms with Crippen molar-refractivity contribution in [3.63, 3.8) is 0 Å². The van der Waals surface area contributed by atoms with Crippen LogP contribution in [-0.2, 0) is 4.79 Å². The third-order valence-corrected chi connectivity index (χ3v) is 7.43. The second kappa shape index (κ2) is 11.0. The highest BCUT2D eigenvalue weighted by atomic mass is 16.5. The molecule has 1 aromatic carbocycles. The number of ether oxygens (including phenoxy) is 1.